The Hall–Kier alpha value is -1.27. The zero-order chi connectivity index (χ0) is 11.4. The van der Waals surface area contributed by atoms with Crippen LogP contribution in [0.4, 0.5) is 0 Å². The molecule has 5 nitrogen and oxygen atoms in total. The van der Waals surface area contributed by atoms with Crippen LogP contribution in [0, 0.1) is 0 Å². The number of nitrogens with two attached hydrogens (primary N) is 1. The van der Waals surface area contributed by atoms with E-state index in [-0.39, 0.29) is 0 Å². The number of aryl methyl sites for hydroxylation is 1. The first-order chi connectivity index (χ1) is 7.85. The molecule has 2 N–H and O–H groups in total. The molecule has 0 unspecified atom stereocenters. The molecule has 0 aromatic carbocycles. The summed E-state index contributed by atoms with van der Waals surface area (Å²) in [5.41, 5.74) is 5.53. The predicted octanol–water partition coefficient (Wildman–Crippen LogP) is 1.18. The lowest BCUT2D eigenvalue weighted by atomic mass is 10.3. The van der Waals surface area contributed by atoms with E-state index in [4.69, 9.17) is 5.73 Å². The first kappa shape index (κ1) is 11.2. The number of hydrogen-bond donors (Lipinski definition) is 1. The van der Waals surface area contributed by atoms with Crippen LogP contribution < -0.4 is 5.73 Å². The van der Waals surface area contributed by atoms with Gasteiger partial charge in [-0.25, -0.2) is 9.97 Å². The largest absolute Gasteiger partial charge is 0.330 e. The molecule has 16 heavy (non-hydrogen) atoms. The van der Waals surface area contributed by atoms with Crippen molar-refractivity contribution in [3.8, 4) is 5.13 Å². The fourth-order valence-electron chi connectivity index (χ4n) is 1.49. The second kappa shape index (κ2) is 5.18. The zero-order valence-corrected chi connectivity index (χ0v) is 10.1. The predicted molar refractivity (Wildman–Crippen MR) is 63.8 cm³/mol. The average Bonchev–Trinajstić information content (AvgIpc) is 2.87. The van der Waals surface area contributed by atoms with Crippen LogP contribution in [0.15, 0.2) is 12.4 Å². The van der Waals surface area contributed by atoms with Crippen LogP contribution in [-0.2, 0) is 12.8 Å². The zero-order valence-electron chi connectivity index (χ0n) is 9.26. The second-order valence-corrected chi connectivity index (χ2v) is 4.23. The molecule has 0 aliphatic heterocycles. The molecule has 0 atom stereocenters. The molecular formula is C10H15N5S. The lowest BCUT2D eigenvalue weighted by molar-refractivity contribution is 0.817. The van der Waals surface area contributed by atoms with Crippen LogP contribution in [0.25, 0.3) is 5.13 Å². The minimum atomic E-state index is 0.595. The maximum absolute atomic E-state index is 5.53. The van der Waals surface area contributed by atoms with E-state index >= 15 is 0 Å². The van der Waals surface area contributed by atoms with Crippen LogP contribution >= 0.6 is 11.5 Å². The highest BCUT2D eigenvalue weighted by Crippen LogP contribution is 2.14. The summed E-state index contributed by atoms with van der Waals surface area (Å²) in [4.78, 5) is 8.73. The lowest BCUT2D eigenvalue weighted by Gasteiger charge is -2.00. The normalized spacial score (nSPS) is 10.9. The Bertz CT molecular complexity index is 448. The molecule has 0 aliphatic rings. The van der Waals surface area contributed by atoms with Crippen LogP contribution in [0.2, 0.25) is 0 Å². The molecule has 0 saturated carbocycles. The molecular weight excluding hydrogens is 222 g/mol. The average molecular weight is 237 g/mol. The van der Waals surface area contributed by atoms with Gasteiger partial charge in [0.15, 0.2) is 0 Å². The number of rotatable bonds is 5. The van der Waals surface area contributed by atoms with Crippen molar-refractivity contribution >= 4 is 11.5 Å². The van der Waals surface area contributed by atoms with Crippen LogP contribution in [0.3, 0.4) is 0 Å². The minimum absolute atomic E-state index is 0.595. The van der Waals surface area contributed by atoms with E-state index in [1.807, 2.05) is 10.8 Å². The first-order valence-electron chi connectivity index (χ1n) is 5.40. The van der Waals surface area contributed by atoms with Gasteiger partial charge in [0.1, 0.15) is 11.6 Å². The maximum atomic E-state index is 5.53. The molecule has 0 amide bonds. The summed E-state index contributed by atoms with van der Waals surface area (Å²) in [6.45, 7) is 2.72. The van der Waals surface area contributed by atoms with E-state index in [1.54, 1.807) is 6.20 Å². The maximum Gasteiger partial charge on any atom is 0.214 e. The van der Waals surface area contributed by atoms with Gasteiger partial charge in [-0.15, -0.1) is 0 Å². The minimum Gasteiger partial charge on any atom is -0.330 e. The van der Waals surface area contributed by atoms with Crippen molar-refractivity contribution in [2.24, 2.45) is 5.73 Å². The standard InChI is InChI=1S/C10H15N5S/c1-2-3-8-13-10(16-14-8)15-7-6-12-9(15)4-5-11/h6-7H,2-5,11H2,1H3. The van der Waals surface area contributed by atoms with Crippen molar-refractivity contribution in [1.82, 2.24) is 18.9 Å². The Morgan fingerprint density at radius 1 is 1.44 bits per heavy atom. The number of nitrogens with zero attached hydrogens (tertiary/aromatic N) is 4. The Kier molecular flexibility index (Phi) is 3.63. The van der Waals surface area contributed by atoms with E-state index in [9.17, 15) is 0 Å². The molecule has 2 heterocycles. The summed E-state index contributed by atoms with van der Waals surface area (Å²) in [5.74, 6) is 1.86. The third kappa shape index (κ3) is 2.28. The van der Waals surface area contributed by atoms with Gasteiger partial charge in [0, 0.05) is 36.8 Å². The lowest BCUT2D eigenvalue weighted by Crippen LogP contribution is -2.08. The highest BCUT2D eigenvalue weighted by molar-refractivity contribution is 7.08. The Morgan fingerprint density at radius 2 is 2.31 bits per heavy atom. The van der Waals surface area contributed by atoms with Gasteiger partial charge in [-0.3, -0.25) is 4.57 Å². The van der Waals surface area contributed by atoms with Crippen molar-refractivity contribution < 1.29 is 0 Å². The molecule has 0 radical (unpaired) electrons. The van der Waals surface area contributed by atoms with Gasteiger partial charge in [-0.05, 0) is 13.0 Å². The molecule has 0 aliphatic carbocycles. The molecule has 6 heteroatoms. The van der Waals surface area contributed by atoms with Gasteiger partial charge < -0.3 is 5.73 Å². The van der Waals surface area contributed by atoms with E-state index in [2.05, 4.69) is 21.3 Å². The Labute approximate surface area is 98.5 Å². The number of imidazole rings is 1. The van der Waals surface area contributed by atoms with Gasteiger partial charge in [0.2, 0.25) is 5.13 Å². The number of hydrogen-bond acceptors (Lipinski definition) is 5. The summed E-state index contributed by atoms with van der Waals surface area (Å²) in [5, 5.41) is 0.879. The SMILES string of the molecule is CCCc1nsc(-n2ccnc2CCN)n1. The van der Waals surface area contributed by atoms with Crippen molar-refractivity contribution in [2.75, 3.05) is 6.54 Å². The quantitative estimate of drug-likeness (QED) is 0.847. The molecule has 2 rings (SSSR count). The fourth-order valence-corrected chi connectivity index (χ4v) is 2.21. The van der Waals surface area contributed by atoms with Gasteiger partial charge in [0.05, 0.1) is 0 Å². The van der Waals surface area contributed by atoms with Gasteiger partial charge in [-0.2, -0.15) is 4.37 Å². The van der Waals surface area contributed by atoms with Crippen molar-refractivity contribution in [3.05, 3.63) is 24.0 Å². The highest BCUT2D eigenvalue weighted by atomic mass is 32.1. The van der Waals surface area contributed by atoms with Crippen LogP contribution in [-0.4, -0.2) is 25.5 Å². The molecule has 0 fully saturated rings. The van der Waals surface area contributed by atoms with Crippen LogP contribution in [0.1, 0.15) is 25.0 Å². The third-order valence-corrected chi connectivity index (χ3v) is 2.98. The van der Waals surface area contributed by atoms with E-state index < -0.39 is 0 Å². The van der Waals surface area contributed by atoms with E-state index in [0.717, 1.165) is 36.0 Å². The van der Waals surface area contributed by atoms with E-state index in [0.29, 0.717) is 6.54 Å². The summed E-state index contributed by atoms with van der Waals surface area (Å²) in [6, 6.07) is 0. The molecule has 2 aromatic heterocycles. The van der Waals surface area contributed by atoms with Crippen LogP contribution in [0.5, 0.6) is 0 Å². The molecule has 2 aromatic rings. The monoisotopic (exact) mass is 237 g/mol. The Morgan fingerprint density at radius 3 is 3.06 bits per heavy atom. The summed E-state index contributed by atoms with van der Waals surface area (Å²) < 4.78 is 6.28. The molecule has 86 valence electrons. The fraction of sp³-hybridized carbons (Fsp3) is 0.500. The smallest absolute Gasteiger partial charge is 0.214 e. The summed E-state index contributed by atoms with van der Waals surface area (Å²) in [7, 11) is 0. The van der Waals surface area contributed by atoms with Crippen molar-refractivity contribution in [2.45, 2.75) is 26.2 Å². The topological polar surface area (TPSA) is 69.6 Å². The number of aromatic nitrogens is 4. The Balaban J connectivity index is 2.24. The second-order valence-electron chi connectivity index (χ2n) is 3.50. The molecule has 0 bridgehead atoms. The van der Waals surface area contributed by atoms with Crippen molar-refractivity contribution in [3.63, 3.8) is 0 Å². The first-order valence-corrected chi connectivity index (χ1v) is 6.17. The van der Waals surface area contributed by atoms with Gasteiger partial charge in [-0.1, -0.05) is 6.92 Å². The highest BCUT2D eigenvalue weighted by Gasteiger charge is 2.09. The van der Waals surface area contributed by atoms with Crippen molar-refractivity contribution in [1.29, 1.82) is 0 Å². The van der Waals surface area contributed by atoms with E-state index in [1.165, 1.54) is 11.5 Å². The van der Waals surface area contributed by atoms with Gasteiger partial charge in [0.25, 0.3) is 0 Å². The third-order valence-electron chi connectivity index (χ3n) is 2.22. The van der Waals surface area contributed by atoms with Gasteiger partial charge >= 0.3 is 0 Å². The summed E-state index contributed by atoms with van der Waals surface area (Å²) >= 11 is 1.41. The summed E-state index contributed by atoms with van der Waals surface area (Å²) in [6.07, 6.45) is 6.43. The molecule has 0 spiro atoms. The molecule has 0 saturated heterocycles.